The molecular weight excluding hydrogens is 1510 g/mol. The molecule has 119 heavy (non-hydrogen) atoms. The first-order valence-electron chi connectivity index (χ1n) is 37.8. The smallest absolute Gasteiger partial charge is 0.305 e. The van der Waals surface area contributed by atoms with Crippen LogP contribution < -0.4 is 16.0 Å². The molecule has 3 amide bonds. The zero-order valence-corrected chi connectivity index (χ0v) is 64.2. The molecule has 3 aromatic heterocycles. The van der Waals surface area contributed by atoms with E-state index in [0.717, 1.165) is 33.8 Å². The fourth-order valence-corrected chi connectivity index (χ4v) is 14.4. The summed E-state index contributed by atoms with van der Waals surface area (Å²) in [5, 5.41) is 67.6. The predicted molar refractivity (Wildman–Crippen MR) is 474 cm³/mol. The van der Waals surface area contributed by atoms with Crippen LogP contribution in [0.5, 0.6) is 0 Å². The molecule has 2 unspecified atom stereocenters. The Balaban J connectivity index is 0.000000311. The highest BCUT2D eigenvalue weighted by Gasteiger charge is 2.35. The molecule has 9 aromatic carbocycles. The Morgan fingerprint density at radius 3 is 0.672 bits per heavy atom. The molecule has 0 radical (unpaired) electrons. The summed E-state index contributed by atoms with van der Waals surface area (Å²) < 4.78 is 47.7. The van der Waals surface area contributed by atoms with E-state index in [1.807, 2.05) is 237 Å². The Morgan fingerprint density at radius 2 is 0.487 bits per heavy atom. The molecule has 0 aliphatic carbocycles. The third-order valence-corrected chi connectivity index (χ3v) is 19.2. The molecule has 0 saturated carbocycles. The lowest BCUT2D eigenvalue weighted by Gasteiger charge is -2.18. The monoisotopic (exact) mass is 1620 g/mol. The number of rotatable bonds is 30. The van der Waals surface area contributed by atoms with Crippen LogP contribution in [0.25, 0.3) is 67.2 Å². The molecule has 12 rings (SSSR count). The first kappa shape index (κ1) is 96.9. The van der Waals surface area contributed by atoms with E-state index in [4.69, 9.17) is 15.3 Å². The van der Waals surface area contributed by atoms with Gasteiger partial charge in [-0.1, -0.05) is 224 Å². The molecule has 3 heterocycles. The van der Waals surface area contributed by atoms with E-state index in [1.54, 1.807) is 36.4 Å². The van der Waals surface area contributed by atoms with E-state index in [0.29, 0.717) is 84.2 Å². The van der Waals surface area contributed by atoms with Crippen LogP contribution in [-0.2, 0) is 34.0 Å². The van der Waals surface area contributed by atoms with Gasteiger partial charge in [-0.3, -0.25) is 28.8 Å². The van der Waals surface area contributed by atoms with Crippen LogP contribution in [0.2, 0.25) is 0 Å². The van der Waals surface area contributed by atoms with Crippen LogP contribution in [0.4, 0.5) is 30.2 Å². The number of anilines is 3. The number of aliphatic hydroxyl groups excluding tert-OH is 3. The third kappa shape index (κ3) is 24.9. The number of nitrogens with zero attached hydrogens (tertiary/aromatic N) is 3. The number of carboxylic acids is 3. The second-order valence-corrected chi connectivity index (χ2v) is 28.6. The fourth-order valence-electron chi connectivity index (χ4n) is 14.4. The lowest BCUT2D eigenvalue weighted by Crippen LogP contribution is -2.19. The SMILES string of the molecule is C.C.C.C.C.CC(C)c1c(C(=O)Nc2ccccc2)c(-c2ccccc2)c(-c2ccc(F)cc2)n1CCC(O)CC(=O)O.CC(C)c1c(C(=O)Nc2ccccc2)c(-c2ccccc2)c(-c2ccc(F)cc2)n1CCC(O)CC(=O)O.CC(C)c1c(C(=O)Nc2ccccc2)c(-c2ccccc2)c(-c2ccc(F)cc2)n1CC[C@@H](O)CC(=O)O. The summed E-state index contributed by atoms with van der Waals surface area (Å²) in [6.45, 7) is 12.7. The predicted octanol–water partition coefficient (Wildman–Crippen LogP) is 22.9. The Hall–Kier alpha value is -12.7. The number of amides is 3. The zero-order chi connectivity index (χ0) is 81.7. The summed E-state index contributed by atoms with van der Waals surface area (Å²) in [6.07, 6.45) is -3.80. The number of aliphatic hydroxyl groups is 3. The van der Waals surface area contributed by atoms with Crippen molar-refractivity contribution in [3.63, 3.8) is 0 Å². The van der Waals surface area contributed by atoms with Crippen molar-refractivity contribution in [2.24, 2.45) is 0 Å². The van der Waals surface area contributed by atoms with Crippen molar-refractivity contribution in [1.29, 1.82) is 0 Å². The maximum atomic E-state index is 14.0. The van der Waals surface area contributed by atoms with Crippen LogP contribution in [0.3, 0.4) is 0 Å². The molecule has 12 aromatic rings. The maximum absolute atomic E-state index is 14.0. The van der Waals surface area contributed by atoms with Crippen molar-refractivity contribution in [2.75, 3.05) is 16.0 Å². The average molecular weight is 1620 g/mol. The number of aliphatic carboxylic acids is 3. The molecule has 0 aliphatic rings. The number of halogens is 3. The number of carboxylic acid groups (broad SMARTS) is 3. The Kier molecular flexibility index (Phi) is 37.2. The van der Waals surface area contributed by atoms with Gasteiger partial charge in [-0.25, -0.2) is 13.2 Å². The topological polar surface area (TPSA) is 275 Å². The van der Waals surface area contributed by atoms with Crippen molar-refractivity contribution in [3.05, 3.63) is 306 Å². The number of hydrogen-bond acceptors (Lipinski definition) is 9. The summed E-state index contributed by atoms with van der Waals surface area (Å²) in [5.41, 5.74) is 14.5. The minimum absolute atomic E-state index is 0. The van der Waals surface area contributed by atoms with Crippen LogP contribution in [0.15, 0.2) is 255 Å². The number of aromatic nitrogens is 3. The molecular formula is C98H113F3N6O12. The Morgan fingerprint density at radius 1 is 0.294 bits per heavy atom. The van der Waals surface area contributed by atoms with Crippen molar-refractivity contribution in [3.8, 4) is 67.2 Å². The number of carbonyl (C=O) groups excluding carboxylic acids is 3. The number of nitrogens with one attached hydrogen (secondary N) is 3. The second-order valence-electron chi connectivity index (χ2n) is 28.6. The fraction of sp³-hybridized carbons (Fsp3) is 0.265. The highest BCUT2D eigenvalue weighted by molar-refractivity contribution is 6.15. The standard InChI is InChI=1S/3C31H31FN2O4.5CH4/c3*1-20(2)29-28(31(38)33-24-11-7-4-8-12-24)27(21-9-5-3-6-10-21)30(22-13-15-23(32)16-14-22)34(29)18-17-25(35)19-26(36)37;;;;;/h3*3-16,20,25,35H,17-19H2,1-2H3,(H,33,38)(H,36,37);5*1H4/t25-;;;;;;;/m1......./s1. The van der Waals surface area contributed by atoms with Crippen molar-refractivity contribution < 1.29 is 72.6 Å². The van der Waals surface area contributed by atoms with Gasteiger partial charge in [-0.05, 0) is 180 Å². The van der Waals surface area contributed by atoms with Gasteiger partial charge in [-0.15, -0.1) is 0 Å². The largest absolute Gasteiger partial charge is 0.481 e. The quantitative estimate of drug-likeness (QED) is 0.0203. The lowest BCUT2D eigenvalue weighted by atomic mass is 9.94. The molecule has 9 N–H and O–H groups in total. The minimum Gasteiger partial charge on any atom is -0.481 e. The van der Waals surface area contributed by atoms with Gasteiger partial charge in [0.2, 0.25) is 0 Å². The first-order chi connectivity index (χ1) is 54.8. The van der Waals surface area contributed by atoms with Gasteiger partial charge in [0.25, 0.3) is 17.7 Å². The molecule has 0 aliphatic heterocycles. The van der Waals surface area contributed by atoms with Gasteiger partial charge in [0.05, 0.1) is 71.3 Å². The number of carbonyl (C=O) groups is 6. The van der Waals surface area contributed by atoms with Crippen LogP contribution >= 0.6 is 0 Å². The van der Waals surface area contributed by atoms with Crippen LogP contribution in [0.1, 0.15) is 183 Å². The zero-order valence-electron chi connectivity index (χ0n) is 64.2. The lowest BCUT2D eigenvalue weighted by molar-refractivity contribution is -0.140. The van der Waals surface area contributed by atoms with Crippen molar-refractivity contribution in [2.45, 2.75) is 173 Å². The Bertz CT molecular complexity index is 4710. The van der Waals surface area contributed by atoms with E-state index in [2.05, 4.69) is 16.0 Å². The number of hydrogen-bond donors (Lipinski definition) is 9. The summed E-state index contributed by atoms with van der Waals surface area (Å²) >= 11 is 0. The molecule has 3 atom stereocenters. The highest BCUT2D eigenvalue weighted by atomic mass is 19.1. The van der Waals surface area contributed by atoms with Crippen LogP contribution in [0, 0.1) is 17.5 Å². The molecule has 18 nitrogen and oxygen atoms in total. The van der Waals surface area contributed by atoms with E-state index in [-0.39, 0.29) is 148 Å². The van der Waals surface area contributed by atoms with Gasteiger partial charge < -0.3 is 60.3 Å². The normalized spacial score (nSPS) is 11.4. The maximum Gasteiger partial charge on any atom is 0.305 e. The molecule has 628 valence electrons. The van der Waals surface area contributed by atoms with E-state index < -0.39 is 36.2 Å². The van der Waals surface area contributed by atoms with Gasteiger partial charge in [0.1, 0.15) is 17.5 Å². The number of benzene rings is 9. The van der Waals surface area contributed by atoms with E-state index >= 15 is 0 Å². The van der Waals surface area contributed by atoms with Crippen molar-refractivity contribution >= 4 is 52.7 Å². The molecule has 0 fully saturated rings. The van der Waals surface area contributed by atoms with E-state index in [1.165, 1.54) is 36.4 Å². The van der Waals surface area contributed by atoms with Gasteiger partial charge in [0, 0.05) is 70.5 Å². The Labute approximate surface area is 697 Å². The highest BCUT2D eigenvalue weighted by Crippen LogP contribution is 2.47. The second kappa shape index (κ2) is 45.7. The molecule has 21 heteroatoms. The molecule has 0 bridgehead atoms. The van der Waals surface area contributed by atoms with Gasteiger partial charge in [0.15, 0.2) is 0 Å². The summed E-state index contributed by atoms with van der Waals surface area (Å²) in [7, 11) is 0. The van der Waals surface area contributed by atoms with Gasteiger partial charge in [-0.2, -0.15) is 0 Å². The summed E-state index contributed by atoms with van der Waals surface area (Å²) in [6, 6.07) is 74.4. The molecule has 0 saturated heterocycles. The summed E-state index contributed by atoms with van der Waals surface area (Å²) in [4.78, 5) is 75.4. The van der Waals surface area contributed by atoms with E-state index in [9.17, 15) is 57.3 Å². The summed E-state index contributed by atoms with van der Waals surface area (Å²) in [5.74, 6) is -5.53. The first-order valence-corrected chi connectivity index (χ1v) is 37.8. The average Bonchev–Trinajstić information content (AvgIpc) is 1.60. The third-order valence-electron chi connectivity index (χ3n) is 19.2. The minimum atomic E-state index is -1.08. The van der Waals surface area contributed by atoms with Crippen molar-refractivity contribution in [1.82, 2.24) is 13.7 Å². The van der Waals surface area contributed by atoms with Gasteiger partial charge >= 0.3 is 17.9 Å². The number of para-hydroxylation sites is 3. The molecule has 0 spiro atoms. The van der Waals surface area contributed by atoms with Crippen LogP contribution in [-0.4, -0.2) is 98.3 Å².